The van der Waals surface area contributed by atoms with Crippen LogP contribution in [0.1, 0.15) is 22.6 Å². The third kappa shape index (κ3) is 3.82. The van der Waals surface area contributed by atoms with E-state index in [-0.39, 0.29) is 11.2 Å². The second-order valence-electron chi connectivity index (χ2n) is 6.97. The lowest BCUT2D eigenvalue weighted by Gasteiger charge is -2.28. The van der Waals surface area contributed by atoms with Gasteiger partial charge in [0.15, 0.2) is 5.76 Å². The number of fused-ring (bicyclic) bond motifs is 1. The average Bonchev–Trinajstić information content (AvgIpc) is 2.66. The molecule has 1 fully saturated rings. The van der Waals surface area contributed by atoms with Gasteiger partial charge in [0.05, 0.1) is 26.3 Å². The predicted molar refractivity (Wildman–Crippen MR) is 97.0 cm³/mol. The molecule has 0 unspecified atom stereocenters. The molecule has 2 aromatic rings. The summed E-state index contributed by atoms with van der Waals surface area (Å²) in [5.74, 6) is 0.687. The standard InChI is InChI=1S/C20H24N2O4/c23-18-11-17(13-22-6-5-15-3-1-2-4-16(15)12-22)26-19(20(18)24)14-21-7-9-25-10-8-21/h1-4,11,24H,5-10,12-14H2. The smallest absolute Gasteiger partial charge is 0.227 e. The zero-order chi connectivity index (χ0) is 17.9. The van der Waals surface area contributed by atoms with Crippen LogP contribution in [-0.4, -0.2) is 47.8 Å². The van der Waals surface area contributed by atoms with Crippen molar-refractivity contribution in [1.82, 2.24) is 9.80 Å². The number of ether oxygens (including phenoxy) is 1. The van der Waals surface area contributed by atoms with E-state index >= 15 is 0 Å². The summed E-state index contributed by atoms with van der Waals surface area (Å²) in [6.45, 7) is 5.66. The molecule has 0 saturated carbocycles. The first-order valence-corrected chi connectivity index (χ1v) is 9.13. The van der Waals surface area contributed by atoms with E-state index in [2.05, 4.69) is 34.1 Å². The molecule has 1 saturated heterocycles. The van der Waals surface area contributed by atoms with Crippen LogP contribution < -0.4 is 5.43 Å². The Kier molecular flexibility index (Phi) is 5.06. The zero-order valence-electron chi connectivity index (χ0n) is 14.8. The molecule has 4 rings (SSSR count). The fourth-order valence-electron chi connectivity index (χ4n) is 3.64. The molecular formula is C20H24N2O4. The van der Waals surface area contributed by atoms with E-state index in [0.717, 1.165) is 32.6 Å². The summed E-state index contributed by atoms with van der Waals surface area (Å²) >= 11 is 0. The van der Waals surface area contributed by atoms with Gasteiger partial charge in [-0.25, -0.2) is 0 Å². The topological polar surface area (TPSA) is 66.2 Å². The van der Waals surface area contributed by atoms with Crippen molar-refractivity contribution in [3.8, 4) is 5.75 Å². The van der Waals surface area contributed by atoms with E-state index in [0.29, 0.717) is 37.8 Å². The molecule has 0 atom stereocenters. The Labute approximate surface area is 152 Å². The van der Waals surface area contributed by atoms with Crippen LogP contribution >= 0.6 is 0 Å². The minimum atomic E-state index is -0.369. The van der Waals surface area contributed by atoms with Crippen LogP contribution in [0.2, 0.25) is 0 Å². The Morgan fingerprint density at radius 3 is 2.58 bits per heavy atom. The average molecular weight is 356 g/mol. The van der Waals surface area contributed by atoms with Crippen molar-refractivity contribution >= 4 is 0 Å². The lowest BCUT2D eigenvalue weighted by atomic mass is 10.00. The van der Waals surface area contributed by atoms with Gasteiger partial charge >= 0.3 is 0 Å². The highest BCUT2D eigenvalue weighted by atomic mass is 16.5. The first-order chi connectivity index (χ1) is 12.7. The number of nitrogens with zero attached hydrogens (tertiary/aromatic N) is 2. The summed E-state index contributed by atoms with van der Waals surface area (Å²) in [6, 6.07) is 9.87. The van der Waals surface area contributed by atoms with Gasteiger partial charge in [0, 0.05) is 32.2 Å². The van der Waals surface area contributed by atoms with Gasteiger partial charge in [-0.05, 0) is 17.5 Å². The molecule has 26 heavy (non-hydrogen) atoms. The van der Waals surface area contributed by atoms with Crippen LogP contribution in [0.5, 0.6) is 5.75 Å². The van der Waals surface area contributed by atoms with Gasteiger partial charge in [0.2, 0.25) is 11.2 Å². The fourth-order valence-corrected chi connectivity index (χ4v) is 3.64. The Morgan fingerprint density at radius 1 is 1.00 bits per heavy atom. The Bertz CT molecular complexity index is 827. The van der Waals surface area contributed by atoms with Crippen molar-refractivity contribution in [2.75, 3.05) is 32.8 Å². The molecule has 1 N–H and O–H groups in total. The van der Waals surface area contributed by atoms with Gasteiger partial charge in [0.25, 0.3) is 0 Å². The van der Waals surface area contributed by atoms with E-state index in [1.54, 1.807) is 0 Å². The summed E-state index contributed by atoms with van der Waals surface area (Å²) in [7, 11) is 0. The van der Waals surface area contributed by atoms with Crippen LogP contribution in [0, 0.1) is 0 Å². The predicted octanol–water partition coefficient (Wildman–Crippen LogP) is 1.74. The van der Waals surface area contributed by atoms with Gasteiger partial charge in [-0.1, -0.05) is 24.3 Å². The van der Waals surface area contributed by atoms with Crippen LogP contribution in [0.3, 0.4) is 0 Å². The van der Waals surface area contributed by atoms with E-state index in [1.807, 2.05) is 0 Å². The highest BCUT2D eigenvalue weighted by Gasteiger charge is 2.20. The molecule has 0 spiro atoms. The number of benzene rings is 1. The Morgan fingerprint density at radius 2 is 1.77 bits per heavy atom. The van der Waals surface area contributed by atoms with Gasteiger partial charge in [0.1, 0.15) is 5.76 Å². The SMILES string of the molecule is O=c1cc(CN2CCc3ccccc3C2)oc(CN2CCOCC2)c1O. The van der Waals surface area contributed by atoms with E-state index in [1.165, 1.54) is 17.2 Å². The first kappa shape index (κ1) is 17.3. The minimum Gasteiger partial charge on any atom is -0.502 e. The molecule has 0 amide bonds. The van der Waals surface area contributed by atoms with Crippen LogP contribution in [0.15, 0.2) is 39.5 Å². The monoisotopic (exact) mass is 356 g/mol. The third-order valence-corrected chi connectivity index (χ3v) is 5.10. The molecule has 1 aromatic carbocycles. The lowest BCUT2D eigenvalue weighted by Crippen LogP contribution is -2.36. The van der Waals surface area contributed by atoms with Gasteiger partial charge < -0.3 is 14.3 Å². The van der Waals surface area contributed by atoms with Crippen molar-refractivity contribution in [2.45, 2.75) is 26.1 Å². The maximum absolute atomic E-state index is 12.2. The van der Waals surface area contributed by atoms with E-state index in [4.69, 9.17) is 9.15 Å². The summed E-state index contributed by atoms with van der Waals surface area (Å²) in [5, 5.41) is 10.1. The van der Waals surface area contributed by atoms with Crippen molar-refractivity contribution in [1.29, 1.82) is 0 Å². The molecule has 2 aliphatic rings. The number of hydrogen-bond acceptors (Lipinski definition) is 6. The molecule has 6 heteroatoms. The second kappa shape index (κ2) is 7.61. The molecule has 0 aliphatic carbocycles. The second-order valence-corrected chi connectivity index (χ2v) is 6.97. The van der Waals surface area contributed by atoms with Gasteiger partial charge in [-0.15, -0.1) is 0 Å². The number of morpholine rings is 1. The number of hydrogen-bond donors (Lipinski definition) is 1. The summed E-state index contributed by atoms with van der Waals surface area (Å²) < 4.78 is 11.2. The van der Waals surface area contributed by atoms with Crippen molar-refractivity contribution < 1.29 is 14.3 Å². The van der Waals surface area contributed by atoms with Crippen LogP contribution in [0.4, 0.5) is 0 Å². The molecule has 1 aromatic heterocycles. The van der Waals surface area contributed by atoms with Gasteiger partial charge in [-0.2, -0.15) is 0 Å². The quantitative estimate of drug-likeness (QED) is 0.900. The van der Waals surface area contributed by atoms with Crippen molar-refractivity contribution in [2.24, 2.45) is 0 Å². The fraction of sp³-hybridized carbons (Fsp3) is 0.450. The number of aromatic hydroxyl groups is 1. The number of rotatable bonds is 4. The van der Waals surface area contributed by atoms with E-state index < -0.39 is 0 Å². The van der Waals surface area contributed by atoms with Gasteiger partial charge in [-0.3, -0.25) is 14.6 Å². The lowest BCUT2D eigenvalue weighted by molar-refractivity contribution is 0.0301. The molecule has 3 heterocycles. The van der Waals surface area contributed by atoms with Crippen LogP contribution in [0.25, 0.3) is 0 Å². The summed E-state index contributed by atoms with van der Waals surface area (Å²) in [6.07, 6.45) is 0.999. The maximum Gasteiger partial charge on any atom is 0.227 e. The first-order valence-electron chi connectivity index (χ1n) is 9.13. The zero-order valence-corrected chi connectivity index (χ0v) is 14.8. The highest BCUT2D eigenvalue weighted by molar-refractivity contribution is 5.29. The Balaban J connectivity index is 1.49. The van der Waals surface area contributed by atoms with E-state index in [9.17, 15) is 9.90 Å². The maximum atomic E-state index is 12.2. The molecular weight excluding hydrogens is 332 g/mol. The minimum absolute atomic E-state index is 0.274. The van der Waals surface area contributed by atoms with Crippen LogP contribution in [-0.2, 0) is 30.8 Å². The normalized spacial score (nSPS) is 18.6. The molecule has 0 bridgehead atoms. The summed E-state index contributed by atoms with van der Waals surface area (Å²) in [4.78, 5) is 16.6. The highest BCUT2D eigenvalue weighted by Crippen LogP contribution is 2.22. The third-order valence-electron chi connectivity index (χ3n) is 5.10. The largest absolute Gasteiger partial charge is 0.502 e. The molecule has 2 aliphatic heterocycles. The Hall–Kier alpha value is -2.15. The molecule has 138 valence electrons. The molecule has 0 radical (unpaired) electrons. The van der Waals surface area contributed by atoms with Crippen molar-refractivity contribution in [3.63, 3.8) is 0 Å². The summed E-state index contributed by atoms with van der Waals surface area (Å²) in [5.41, 5.74) is 2.35. The van der Waals surface area contributed by atoms with Crippen molar-refractivity contribution in [3.05, 3.63) is 63.2 Å². The molecule has 6 nitrogen and oxygen atoms in total.